The van der Waals surface area contributed by atoms with Gasteiger partial charge in [0, 0.05) is 23.6 Å². The Morgan fingerprint density at radius 1 is 1.07 bits per heavy atom. The summed E-state index contributed by atoms with van der Waals surface area (Å²) in [4.78, 5) is 0. The van der Waals surface area contributed by atoms with Gasteiger partial charge in [-0.2, -0.15) is 5.10 Å². The van der Waals surface area contributed by atoms with Crippen molar-refractivity contribution in [2.45, 2.75) is 6.42 Å². The van der Waals surface area contributed by atoms with Gasteiger partial charge in [0.1, 0.15) is 11.4 Å². The minimum Gasteiger partial charge on any atom is -0.497 e. The third-order valence-electron chi connectivity index (χ3n) is 4.67. The molecule has 0 saturated carbocycles. The predicted octanol–water partition coefficient (Wildman–Crippen LogP) is 4.21. The number of hydrogen-bond donors (Lipinski definition) is 1. The van der Waals surface area contributed by atoms with E-state index in [1.807, 2.05) is 60.7 Å². The Labute approximate surface area is 155 Å². The number of benzene rings is 2. The summed E-state index contributed by atoms with van der Waals surface area (Å²) in [5.74, 6) is 1.74. The Morgan fingerprint density at radius 2 is 1.96 bits per heavy atom. The first-order chi connectivity index (χ1) is 13.3. The van der Waals surface area contributed by atoms with Crippen LogP contribution in [0.25, 0.3) is 35.0 Å². The minimum atomic E-state index is 0.441. The standard InChI is InChI=1S/C21H16N4O2/c1-26-15-8-9-16-14(11-15)12-17-19(16)23-24-20(17)21-25-22-18(27-21)10-7-13-5-3-2-4-6-13/h2-11H,12H2,1H3,(H,23,24)/b10-7+. The lowest BCUT2D eigenvalue weighted by molar-refractivity contribution is 0.414. The molecule has 1 aliphatic carbocycles. The third-order valence-corrected chi connectivity index (χ3v) is 4.67. The van der Waals surface area contributed by atoms with Crippen LogP contribution in [0.5, 0.6) is 5.75 Å². The van der Waals surface area contributed by atoms with Gasteiger partial charge in [-0.3, -0.25) is 5.10 Å². The largest absolute Gasteiger partial charge is 0.497 e. The Kier molecular flexibility index (Phi) is 3.60. The highest BCUT2D eigenvalue weighted by Crippen LogP contribution is 2.40. The summed E-state index contributed by atoms with van der Waals surface area (Å²) in [7, 11) is 1.67. The summed E-state index contributed by atoms with van der Waals surface area (Å²) in [6, 6.07) is 16.0. The van der Waals surface area contributed by atoms with Crippen molar-refractivity contribution in [2.24, 2.45) is 0 Å². The zero-order valence-corrected chi connectivity index (χ0v) is 14.6. The number of rotatable bonds is 4. The number of nitrogens with zero attached hydrogens (tertiary/aromatic N) is 3. The fourth-order valence-corrected chi connectivity index (χ4v) is 3.34. The molecule has 0 amide bonds. The molecule has 6 heteroatoms. The van der Waals surface area contributed by atoms with E-state index in [9.17, 15) is 0 Å². The van der Waals surface area contributed by atoms with Gasteiger partial charge in [0.15, 0.2) is 0 Å². The monoisotopic (exact) mass is 356 g/mol. The fraction of sp³-hybridized carbons (Fsp3) is 0.0952. The molecular formula is C21H16N4O2. The molecule has 2 aromatic carbocycles. The van der Waals surface area contributed by atoms with Crippen LogP contribution in [-0.4, -0.2) is 27.5 Å². The molecule has 0 radical (unpaired) electrons. The van der Waals surface area contributed by atoms with Gasteiger partial charge in [0.05, 0.1) is 12.8 Å². The molecule has 0 bridgehead atoms. The van der Waals surface area contributed by atoms with Crippen LogP contribution in [0.1, 0.15) is 22.6 Å². The van der Waals surface area contributed by atoms with Gasteiger partial charge in [-0.1, -0.05) is 30.3 Å². The van der Waals surface area contributed by atoms with Gasteiger partial charge in [0.25, 0.3) is 5.89 Å². The van der Waals surface area contributed by atoms with Crippen LogP contribution in [-0.2, 0) is 6.42 Å². The Hall–Kier alpha value is -3.67. The van der Waals surface area contributed by atoms with E-state index >= 15 is 0 Å². The van der Waals surface area contributed by atoms with E-state index < -0.39 is 0 Å². The van der Waals surface area contributed by atoms with E-state index in [0.717, 1.165) is 40.2 Å². The molecule has 0 fully saturated rings. The summed E-state index contributed by atoms with van der Waals surface area (Å²) in [5, 5.41) is 15.8. The molecule has 1 aliphatic rings. The average Bonchev–Trinajstić information content (AvgIpc) is 3.41. The smallest absolute Gasteiger partial charge is 0.266 e. The van der Waals surface area contributed by atoms with Crippen molar-refractivity contribution in [1.82, 2.24) is 20.4 Å². The van der Waals surface area contributed by atoms with E-state index in [1.54, 1.807) is 7.11 Å². The number of fused-ring (bicyclic) bond motifs is 3. The number of nitrogens with one attached hydrogen (secondary N) is 1. The van der Waals surface area contributed by atoms with Crippen molar-refractivity contribution in [3.8, 4) is 28.6 Å². The van der Waals surface area contributed by atoms with Crippen LogP contribution in [0.15, 0.2) is 52.9 Å². The van der Waals surface area contributed by atoms with Crippen molar-refractivity contribution in [1.29, 1.82) is 0 Å². The molecule has 5 rings (SSSR count). The number of ether oxygens (including phenoxy) is 1. The number of H-pyrrole nitrogens is 1. The molecule has 132 valence electrons. The molecule has 0 aliphatic heterocycles. The van der Waals surface area contributed by atoms with Crippen molar-refractivity contribution in [3.05, 3.63) is 71.1 Å². The highest BCUT2D eigenvalue weighted by atomic mass is 16.5. The summed E-state index contributed by atoms with van der Waals surface area (Å²) >= 11 is 0. The Morgan fingerprint density at radius 3 is 2.81 bits per heavy atom. The predicted molar refractivity (Wildman–Crippen MR) is 102 cm³/mol. The molecule has 4 aromatic rings. The molecule has 6 nitrogen and oxygen atoms in total. The number of hydrogen-bond acceptors (Lipinski definition) is 5. The second-order valence-corrected chi connectivity index (χ2v) is 6.32. The molecule has 2 aromatic heterocycles. The fourth-order valence-electron chi connectivity index (χ4n) is 3.34. The molecular weight excluding hydrogens is 340 g/mol. The van der Waals surface area contributed by atoms with Crippen LogP contribution in [0.4, 0.5) is 0 Å². The maximum Gasteiger partial charge on any atom is 0.266 e. The second-order valence-electron chi connectivity index (χ2n) is 6.32. The first kappa shape index (κ1) is 15.6. The zero-order chi connectivity index (χ0) is 18.2. The quantitative estimate of drug-likeness (QED) is 0.522. The highest BCUT2D eigenvalue weighted by Gasteiger charge is 2.27. The normalized spacial score (nSPS) is 12.3. The molecule has 0 saturated heterocycles. The highest BCUT2D eigenvalue weighted by molar-refractivity contribution is 5.79. The van der Waals surface area contributed by atoms with Gasteiger partial charge in [-0.25, -0.2) is 0 Å². The first-order valence-electron chi connectivity index (χ1n) is 8.63. The van der Waals surface area contributed by atoms with Crippen molar-refractivity contribution in [2.75, 3.05) is 7.11 Å². The lowest BCUT2D eigenvalue weighted by Crippen LogP contribution is -1.89. The molecule has 0 atom stereocenters. The molecule has 2 heterocycles. The Balaban J connectivity index is 1.44. The van der Waals surface area contributed by atoms with Gasteiger partial charge >= 0.3 is 0 Å². The lowest BCUT2D eigenvalue weighted by Gasteiger charge is -2.03. The minimum absolute atomic E-state index is 0.441. The Bertz CT molecular complexity index is 1140. The summed E-state index contributed by atoms with van der Waals surface area (Å²) < 4.78 is 11.1. The summed E-state index contributed by atoms with van der Waals surface area (Å²) in [5.41, 5.74) is 6.14. The van der Waals surface area contributed by atoms with Crippen LogP contribution in [0, 0.1) is 0 Å². The van der Waals surface area contributed by atoms with Crippen LogP contribution in [0.2, 0.25) is 0 Å². The molecule has 0 spiro atoms. The number of aromatic amines is 1. The van der Waals surface area contributed by atoms with Crippen molar-refractivity contribution >= 4 is 12.2 Å². The topological polar surface area (TPSA) is 76.8 Å². The summed E-state index contributed by atoms with van der Waals surface area (Å²) in [6.45, 7) is 0. The lowest BCUT2D eigenvalue weighted by atomic mass is 10.1. The molecule has 27 heavy (non-hydrogen) atoms. The zero-order valence-electron chi connectivity index (χ0n) is 14.6. The second kappa shape index (κ2) is 6.25. The first-order valence-corrected chi connectivity index (χ1v) is 8.63. The van der Waals surface area contributed by atoms with Gasteiger partial charge in [-0.05, 0) is 35.4 Å². The molecule has 0 unspecified atom stereocenters. The maximum atomic E-state index is 5.81. The van der Waals surface area contributed by atoms with Gasteiger partial charge < -0.3 is 9.15 Å². The van der Waals surface area contributed by atoms with E-state index in [-0.39, 0.29) is 0 Å². The van der Waals surface area contributed by atoms with Crippen molar-refractivity contribution in [3.63, 3.8) is 0 Å². The van der Waals surface area contributed by atoms with Crippen molar-refractivity contribution < 1.29 is 9.15 Å². The average molecular weight is 356 g/mol. The third kappa shape index (κ3) is 2.71. The van der Waals surface area contributed by atoms with Crippen LogP contribution in [0.3, 0.4) is 0 Å². The SMILES string of the molecule is COc1ccc2c(c1)Cc1c-2n[nH]c1-c1nnc(/C=C/c2ccccc2)o1. The van der Waals surface area contributed by atoms with Gasteiger partial charge in [-0.15, -0.1) is 10.2 Å². The maximum absolute atomic E-state index is 5.81. The van der Waals surface area contributed by atoms with E-state index in [2.05, 4.69) is 20.4 Å². The van der Waals surface area contributed by atoms with E-state index in [0.29, 0.717) is 11.8 Å². The number of aromatic nitrogens is 4. The van der Waals surface area contributed by atoms with E-state index in [4.69, 9.17) is 9.15 Å². The van der Waals surface area contributed by atoms with Crippen LogP contribution >= 0.6 is 0 Å². The van der Waals surface area contributed by atoms with Crippen LogP contribution < -0.4 is 4.74 Å². The molecule has 1 N–H and O–H groups in total. The van der Waals surface area contributed by atoms with Gasteiger partial charge in [0.2, 0.25) is 5.89 Å². The van der Waals surface area contributed by atoms with E-state index in [1.165, 1.54) is 5.56 Å². The summed E-state index contributed by atoms with van der Waals surface area (Å²) in [6.07, 6.45) is 4.50. The number of methoxy groups -OCH3 is 1.